The van der Waals surface area contributed by atoms with E-state index in [4.69, 9.17) is 5.73 Å². The van der Waals surface area contributed by atoms with E-state index in [9.17, 15) is 29.4 Å². The largest absolute Gasteiger partial charge is 0.478 e. The number of carboxylic acid groups (broad SMARTS) is 1. The van der Waals surface area contributed by atoms with Crippen molar-refractivity contribution in [1.29, 1.82) is 0 Å². The van der Waals surface area contributed by atoms with Crippen molar-refractivity contribution in [3.63, 3.8) is 0 Å². The fourth-order valence-electron chi connectivity index (χ4n) is 3.98. The number of aliphatic hydroxyl groups is 1. The molecule has 3 aromatic carbocycles. The Hall–Kier alpha value is -4.50. The summed E-state index contributed by atoms with van der Waals surface area (Å²) in [6, 6.07) is 16.4. The highest BCUT2D eigenvalue weighted by Crippen LogP contribution is 2.29. The van der Waals surface area contributed by atoms with Gasteiger partial charge in [0.1, 0.15) is 0 Å². The molecule has 0 aliphatic carbocycles. The molecule has 0 saturated heterocycles. The average molecular weight is 504 g/mol. The minimum Gasteiger partial charge on any atom is -0.478 e. The first-order valence-corrected chi connectivity index (χ1v) is 11.7. The van der Waals surface area contributed by atoms with Crippen molar-refractivity contribution in [3.8, 4) is 11.1 Å². The number of rotatable bonds is 10. The van der Waals surface area contributed by atoms with Gasteiger partial charge in [-0.2, -0.15) is 0 Å². The number of hydrogen-bond acceptors (Lipinski definition) is 5. The molecule has 0 saturated carbocycles. The molecule has 0 unspecified atom stereocenters. The van der Waals surface area contributed by atoms with E-state index in [0.717, 1.165) is 0 Å². The molecule has 0 aliphatic heterocycles. The van der Waals surface area contributed by atoms with Gasteiger partial charge >= 0.3 is 5.97 Å². The third-order valence-corrected chi connectivity index (χ3v) is 5.69. The Morgan fingerprint density at radius 2 is 1.54 bits per heavy atom. The second-order valence-corrected chi connectivity index (χ2v) is 8.99. The predicted molar refractivity (Wildman–Crippen MR) is 140 cm³/mol. The van der Waals surface area contributed by atoms with E-state index in [2.05, 4.69) is 10.6 Å². The maximum absolute atomic E-state index is 13.1. The van der Waals surface area contributed by atoms with Crippen LogP contribution in [0.3, 0.4) is 0 Å². The number of primary amides is 1. The van der Waals surface area contributed by atoms with E-state index in [1.54, 1.807) is 36.4 Å². The zero-order valence-corrected chi connectivity index (χ0v) is 20.5. The first kappa shape index (κ1) is 27.1. The number of nitrogens with one attached hydrogen (secondary N) is 2. The zero-order valence-electron chi connectivity index (χ0n) is 20.5. The van der Waals surface area contributed by atoms with Gasteiger partial charge in [-0.25, -0.2) is 4.79 Å². The number of carboxylic acids is 1. The van der Waals surface area contributed by atoms with Crippen LogP contribution in [0.5, 0.6) is 0 Å². The van der Waals surface area contributed by atoms with Gasteiger partial charge in [0.2, 0.25) is 5.91 Å². The van der Waals surface area contributed by atoms with Crippen molar-refractivity contribution in [2.45, 2.75) is 26.3 Å². The minimum atomic E-state index is -1.27. The molecule has 1 atom stereocenters. The zero-order chi connectivity index (χ0) is 27.1. The number of carbonyl (C=O) groups is 4. The summed E-state index contributed by atoms with van der Waals surface area (Å²) < 4.78 is 0. The Bertz CT molecular complexity index is 1330. The molecule has 0 bridgehead atoms. The molecule has 0 heterocycles. The van der Waals surface area contributed by atoms with Gasteiger partial charge in [-0.05, 0) is 59.9 Å². The van der Waals surface area contributed by atoms with E-state index in [0.29, 0.717) is 17.7 Å². The average Bonchev–Trinajstić information content (AvgIpc) is 2.87. The molecule has 0 aromatic heterocycles. The first-order valence-electron chi connectivity index (χ1n) is 11.7. The minimum absolute atomic E-state index is 0.119. The van der Waals surface area contributed by atoms with Gasteiger partial charge < -0.3 is 26.6 Å². The summed E-state index contributed by atoms with van der Waals surface area (Å²) in [5.41, 5.74) is 6.65. The van der Waals surface area contributed by atoms with Crippen molar-refractivity contribution in [1.82, 2.24) is 5.32 Å². The van der Waals surface area contributed by atoms with Crippen LogP contribution >= 0.6 is 0 Å². The van der Waals surface area contributed by atoms with E-state index in [-0.39, 0.29) is 40.3 Å². The fourth-order valence-corrected chi connectivity index (χ4v) is 3.98. The molecule has 6 N–H and O–H groups in total. The number of nitrogens with two attached hydrogens (primary N) is 1. The van der Waals surface area contributed by atoms with Crippen molar-refractivity contribution in [2.24, 2.45) is 11.7 Å². The normalized spacial score (nSPS) is 11.6. The summed E-state index contributed by atoms with van der Waals surface area (Å²) in [7, 11) is 0. The number of benzene rings is 3. The second-order valence-electron chi connectivity index (χ2n) is 8.99. The molecule has 0 spiro atoms. The molecule has 9 heteroatoms. The van der Waals surface area contributed by atoms with E-state index >= 15 is 0 Å². The van der Waals surface area contributed by atoms with Crippen molar-refractivity contribution in [3.05, 3.63) is 89.0 Å². The van der Waals surface area contributed by atoms with Crippen LogP contribution in [0.25, 0.3) is 11.1 Å². The molecular formula is C28H29N3O6. The molecule has 192 valence electrons. The van der Waals surface area contributed by atoms with Crippen LogP contribution in [0.4, 0.5) is 5.69 Å². The smallest absolute Gasteiger partial charge is 0.336 e. The standard InChI is InChI=1S/C28H29N3O6/c1-16(2)12-20(15-32)31-26(34)18-10-11-22(24(14-18)28(36)37)21-8-3-4-9-23(21)27(35)30-19-7-5-6-17(13-19)25(29)33/h3-11,13-14,16,20,32H,12,15H2,1-2H3,(H2,29,33)(H,30,35)(H,31,34)(H,36,37)/t20-/m1/s1. The number of carbonyl (C=O) groups excluding carboxylic acids is 3. The van der Waals surface area contributed by atoms with E-state index in [1.165, 1.54) is 30.3 Å². The third-order valence-electron chi connectivity index (χ3n) is 5.69. The summed E-state index contributed by atoms with van der Waals surface area (Å²) in [5, 5.41) is 24.9. The Kier molecular flexibility index (Phi) is 8.76. The van der Waals surface area contributed by atoms with Gasteiger partial charge in [0.25, 0.3) is 11.8 Å². The number of hydrogen-bond donors (Lipinski definition) is 5. The van der Waals surface area contributed by atoms with E-state index in [1.807, 2.05) is 13.8 Å². The maximum atomic E-state index is 13.1. The van der Waals surface area contributed by atoms with Crippen LogP contribution in [0.1, 0.15) is 61.7 Å². The Balaban J connectivity index is 1.95. The van der Waals surface area contributed by atoms with Gasteiger partial charge in [-0.15, -0.1) is 0 Å². The van der Waals surface area contributed by atoms with Gasteiger partial charge in [-0.3, -0.25) is 14.4 Å². The summed E-state index contributed by atoms with van der Waals surface area (Å²) in [6.45, 7) is 3.70. The predicted octanol–water partition coefficient (Wildman–Crippen LogP) is 3.54. The van der Waals surface area contributed by atoms with Crippen LogP contribution in [0, 0.1) is 5.92 Å². The summed E-state index contributed by atoms with van der Waals surface area (Å²) >= 11 is 0. The van der Waals surface area contributed by atoms with E-state index < -0.39 is 29.7 Å². The van der Waals surface area contributed by atoms with Gasteiger partial charge in [0, 0.05) is 22.4 Å². The quantitative estimate of drug-likeness (QED) is 0.285. The molecule has 3 rings (SSSR count). The lowest BCUT2D eigenvalue weighted by Gasteiger charge is -2.19. The van der Waals surface area contributed by atoms with Gasteiger partial charge in [0.15, 0.2) is 0 Å². The molecule has 0 radical (unpaired) electrons. The monoisotopic (exact) mass is 503 g/mol. The Morgan fingerprint density at radius 1 is 0.838 bits per heavy atom. The molecular weight excluding hydrogens is 474 g/mol. The topological polar surface area (TPSA) is 159 Å². The number of anilines is 1. The number of aromatic carboxylic acids is 1. The lowest BCUT2D eigenvalue weighted by molar-refractivity contribution is 0.0697. The van der Waals surface area contributed by atoms with Crippen molar-refractivity contribution in [2.75, 3.05) is 11.9 Å². The van der Waals surface area contributed by atoms with Crippen molar-refractivity contribution < 1.29 is 29.4 Å². The van der Waals surface area contributed by atoms with Crippen molar-refractivity contribution >= 4 is 29.4 Å². The SMILES string of the molecule is CC(C)C[C@H](CO)NC(=O)c1ccc(-c2ccccc2C(=O)Nc2cccc(C(N)=O)c2)c(C(=O)O)c1. The van der Waals surface area contributed by atoms with Crippen LogP contribution in [-0.4, -0.2) is 46.6 Å². The number of aliphatic hydroxyl groups excluding tert-OH is 1. The van der Waals surface area contributed by atoms with Crippen LogP contribution in [0.15, 0.2) is 66.7 Å². The fraction of sp³-hybridized carbons (Fsp3) is 0.214. The summed E-state index contributed by atoms with van der Waals surface area (Å²) in [4.78, 5) is 49.5. The highest BCUT2D eigenvalue weighted by Gasteiger charge is 2.21. The Labute approximate surface area is 214 Å². The third kappa shape index (κ3) is 6.80. The molecule has 9 nitrogen and oxygen atoms in total. The second kappa shape index (κ2) is 12.0. The van der Waals surface area contributed by atoms with Gasteiger partial charge in [-0.1, -0.05) is 44.2 Å². The molecule has 3 amide bonds. The molecule has 3 aromatic rings. The van der Waals surface area contributed by atoms with Crippen LogP contribution in [-0.2, 0) is 0 Å². The summed E-state index contributed by atoms with van der Waals surface area (Å²) in [5.74, 6) is -2.68. The molecule has 0 fully saturated rings. The van der Waals surface area contributed by atoms with Crippen LogP contribution in [0.2, 0.25) is 0 Å². The maximum Gasteiger partial charge on any atom is 0.336 e. The highest BCUT2D eigenvalue weighted by atomic mass is 16.4. The van der Waals surface area contributed by atoms with Crippen LogP contribution < -0.4 is 16.4 Å². The number of amides is 3. The molecule has 0 aliphatic rings. The first-order chi connectivity index (χ1) is 17.6. The highest BCUT2D eigenvalue weighted by molar-refractivity contribution is 6.11. The Morgan fingerprint density at radius 3 is 2.19 bits per heavy atom. The lowest BCUT2D eigenvalue weighted by Crippen LogP contribution is -2.38. The lowest BCUT2D eigenvalue weighted by atomic mass is 9.93. The molecule has 37 heavy (non-hydrogen) atoms. The summed E-state index contributed by atoms with van der Waals surface area (Å²) in [6.07, 6.45) is 0.566. The van der Waals surface area contributed by atoms with Gasteiger partial charge in [0.05, 0.1) is 18.2 Å².